The number of nitrogens with zero attached hydrogens (tertiary/aromatic N) is 4. The Morgan fingerprint density at radius 2 is 2.10 bits per heavy atom. The Balaban J connectivity index is 1.84. The van der Waals surface area contributed by atoms with E-state index < -0.39 is 17.5 Å². The van der Waals surface area contributed by atoms with Crippen LogP contribution in [-0.4, -0.2) is 57.6 Å². The van der Waals surface area contributed by atoms with Gasteiger partial charge in [0.25, 0.3) is 0 Å². The number of carbonyl (C=O) groups excluding carboxylic acids is 2. The molecule has 2 aromatic rings. The molecule has 0 radical (unpaired) electrons. The Hall–Kier alpha value is -2.59. The third kappa shape index (κ3) is 4.15. The molecule has 0 saturated carbocycles. The molecule has 3 amide bonds. The third-order valence-corrected chi connectivity index (χ3v) is 6.24. The molecule has 0 bridgehead atoms. The highest BCUT2D eigenvalue weighted by Gasteiger charge is 2.49. The van der Waals surface area contributed by atoms with Crippen molar-refractivity contribution in [1.29, 1.82) is 0 Å². The van der Waals surface area contributed by atoms with Crippen molar-refractivity contribution in [2.45, 2.75) is 51.5 Å². The summed E-state index contributed by atoms with van der Waals surface area (Å²) in [6.07, 6.45) is 2.89. The molecular weight excluding hydrogens is 404 g/mol. The van der Waals surface area contributed by atoms with Gasteiger partial charge < -0.3 is 15.4 Å². The predicted octanol–water partition coefficient (Wildman–Crippen LogP) is 2.70. The molecule has 9 nitrogen and oxygen atoms in total. The Kier molecular flexibility index (Phi) is 6.09. The van der Waals surface area contributed by atoms with Crippen molar-refractivity contribution in [3.05, 3.63) is 23.8 Å². The fourth-order valence-corrected chi connectivity index (χ4v) is 4.51. The lowest BCUT2D eigenvalue weighted by Gasteiger charge is -2.34. The van der Waals surface area contributed by atoms with Crippen LogP contribution in [0.5, 0.6) is 0 Å². The summed E-state index contributed by atoms with van der Waals surface area (Å²) < 4.78 is 5.19. The van der Waals surface area contributed by atoms with Gasteiger partial charge in [-0.25, -0.2) is 19.7 Å². The lowest BCUT2D eigenvalue weighted by atomic mass is 9.95. The second-order valence-electron chi connectivity index (χ2n) is 8.46. The first-order chi connectivity index (χ1) is 14.1. The molecular formula is C20H28N6O3S. The number of aryl methyl sites for hydroxylation is 1. The molecule has 2 aromatic heterocycles. The fraction of sp³-hybridized carbons (Fsp3) is 0.550. The summed E-state index contributed by atoms with van der Waals surface area (Å²) in [5, 5.41) is 3.25. The van der Waals surface area contributed by atoms with Crippen molar-refractivity contribution < 1.29 is 14.3 Å². The Morgan fingerprint density at radius 1 is 1.37 bits per heavy atom. The van der Waals surface area contributed by atoms with Crippen LogP contribution >= 0.6 is 11.3 Å². The van der Waals surface area contributed by atoms with Crippen molar-refractivity contribution in [2.75, 3.05) is 25.6 Å². The summed E-state index contributed by atoms with van der Waals surface area (Å²) in [7, 11) is 1.49. The van der Waals surface area contributed by atoms with Crippen LogP contribution in [0.1, 0.15) is 45.1 Å². The van der Waals surface area contributed by atoms with Crippen LogP contribution in [0, 0.1) is 6.92 Å². The number of amides is 3. The van der Waals surface area contributed by atoms with Gasteiger partial charge in [0.1, 0.15) is 11.4 Å². The number of urea groups is 1. The van der Waals surface area contributed by atoms with E-state index in [1.54, 1.807) is 6.20 Å². The number of hydrogen-bond donors (Lipinski definition) is 2. The van der Waals surface area contributed by atoms with Gasteiger partial charge in [-0.15, -0.1) is 0 Å². The van der Waals surface area contributed by atoms with Crippen molar-refractivity contribution in [3.8, 4) is 10.6 Å². The Labute approximate surface area is 180 Å². The van der Waals surface area contributed by atoms with Gasteiger partial charge in [-0.2, -0.15) is 0 Å². The number of methoxy groups -OCH3 is 1. The minimum absolute atomic E-state index is 0.0639. The summed E-state index contributed by atoms with van der Waals surface area (Å²) in [5.74, 6) is 0.171. The highest BCUT2D eigenvalue weighted by molar-refractivity contribution is 7.19. The topological polar surface area (TPSA) is 123 Å². The van der Waals surface area contributed by atoms with Gasteiger partial charge in [0, 0.05) is 25.3 Å². The predicted molar refractivity (Wildman–Crippen MR) is 115 cm³/mol. The largest absolute Gasteiger partial charge is 0.382 e. The zero-order valence-electron chi connectivity index (χ0n) is 18.0. The van der Waals surface area contributed by atoms with Crippen molar-refractivity contribution in [3.63, 3.8) is 0 Å². The summed E-state index contributed by atoms with van der Waals surface area (Å²) in [6.45, 7) is 8.52. The summed E-state index contributed by atoms with van der Waals surface area (Å²) in [4.78, 5) is 40.9. The molecule has 1 atom stereocenters. The molecule has 0 unspecified atom stereocenters. The number of rotatable bonds is 5. The maximum absolute atomic E-state index is 12.9. The summed E-state index contributed by atoms with van der Waals surface area (Å²) in [6, 6.07) is 1.42. The van der Waals surface area contributed by atoms with E-state index >= 15 is 0 Å². The van der Waals surface area contributed by atoms with E-state index in [1.807, 2.05) is 13.0 Å². The van der Waals surface area contributed by atoms with Crippen LogP contribution < -0.4 is 11.1 Å². The molecule has 1 aliphatic rings. The molecule has 0 aromatic carbocycles. The maximum atomic E-state index is 12.9. The zero-order valence-corrected chi connectivity index (χ0v) is 18.8. The van der Waals surface area contributed by atoms with E-state index in [4.69, 9.17) is 10.5 Å². The number of thiazole rings is 1. The van der Waals surface area contributed by atoms with E-state index in [1.165, 1.54) is 23.3 Å². The molecule has 1 saturated heterocycles. The first-order valence-corrected chi connectivity index (χ1v) is 10.6. The molecule has 1 fully saturated rings. The lowest BCUT2D eigenvalue weighted by Crippen LogP contribution is -2.59. The van der Waals surface area contributed by atoms with Gasteiger partial charge >= 0.3 is 6.03 Å². The number of aromatic nitrogens is 3. The number of hydrogen-bond acceptors (Lipinski definition) is 7. The summed E-state index contributed by atoms with van der Waals surface area (Å²) in [5.41, 5.74) is 5.83. The number of ether oxygens (including phenoxy) is 1. The van der Waals surface area contributed by atoms with Gasteiger partial charge in [-0.05, 0) is 25.8 Å². The molecule has 162 valence electrons. The van der Waals surface area contributed by atoms with Gasteiger partial charge in [0.2, 0.25) is 5.91 Å². The highest BCUT2D eigenvalue weighted by Crippen LogP contribution is 2.34. The molecule has 30 heavy (non-hydrogen) atoms. The van der Waals surface area contributed by atoms with Gasteiger partial charge in [-0.3, -0.25) is 10.1 Å². The second-order valence-corrected chi connectivity index (χ2v) is 9.46. The van der Waals surface area contributed by atoms with E-state index in [-0.39, 0.29) is 12.0 Å². The van der Waals surface area contributed by atoms with E-state index in [0.29, 0.717) is 24.5 Å². The Morgan fingerprint density at radius 3 is 2.73 bits per heavy atom. The van der Waals surface area contributed by atoms with Crippen LogP contribution in [0.4, 0.5) is 9.93 Å². The highest BCUT2D eigenvalue weighted by atomic mass is 32.1. The number of nitrogens with one attached hydrogen (secondary N) is 1. The van der Waals surface area contributed by atoms with Gasteiger partial charge in [-0.1, -0.05) is 32.1 Å². The Bertz CT molecular complexity index is 954. The molecule has 0 spiro atoms. The van der Waals surface area contributed by atoms with Gasteiger partial charge in [0.15, 0.2) is 5.13 Å². The monoisotopic (exact) mass is 432 g/mol. The minimum Gasteiger partial charge on any atom is -0.382 e. The average Bonchev–Trinajstić information content (AvgIpc) is 3.26. The molecule has 3 rings (SSSR count). The van der Waals surface area contributed by atoms with E-state index in [2.05, 4.69) is 41.0 Å². The normalized spacial score (nSPS) is 19.2. The third-order valence-electron chi connectivity index (χ3n) is 5.15. The average molecular weight is 433 g/mol. The first-order valence-electron chi connectivity index (χ1n) is 9.77. The molecule has 3 heterocycles. The van der Waals surface area contributed by atoms with Crippen LogP contribution in [0.3, 0.4) is 0 Å². The SMILES string of the molecule is COC[C@@]1(C(N)=O)CCCN1C(=O)Nc1nc(C)c(-c2ccnc(C(C)(C)C)n2)s1. The van der Waals surface area contributed by atoms with Crippen LogP contribution in [0.25, 0.3) is 10.6 Å². The number of primary amides is 1. The van der Waals surface area contributed by atoms with Crippen LogP contribution in [0.15, 0.2) is 12.3 Å². The molecule has 1 aliphatic heterocycles. The minimum atomic E-state index is -1.14. The maximum Gasteiger partial charge on any atom is 0.324 e. The zero-order chi connectivity index (χ0) is 22.1. The molecule has 0 aliphatic carbocycles. The summed E-state index contributed by atoms with van der Waals surface area (Å²) >= 11 is 1.33. The standard InChI is InChI=1S/C20H28N6O3S/c1-12-14(13-7-9-22-16(24-13)19(2,3)4)30-17(23-12)25-18(28)26-10-6-8-20(26,11-29-5)15(21)27/h7,9H,6,8,10-11H2,1-5H3,(H2,21,27)(H,23,25,28)/t20-/m1/s1. The lowest BCUT2D eigenvalue weighted by molar-refractivity contribution is -0.129. The van der Waals surface area contributed by atoms with Crippen molar-refractivity contribution in [1.82, 2.24) is 19.9 Å². The van der Waals surface area contributed by atoms with E-state index in [9.17, 15) is 9.59 Å². The fourth-order valence-electron chi connectivity index (χ4n) is 3.58. The van der Waals surface area contributed by atoms with Gasteiger partial charge in [0.05, 0.1) is 22.9 Å². The van der Waals surface area contributed by atoms with E-state index in [0.717, 1.165) is 22.1 Å². The van der Waals surface area contributed by atoms with Crippen LogP contribution in [-0.2, 0) is 14.9 Å². The van der Waals surface area contributed by atoms with Crippen molar-refractivity contribution >= 4 is 28.4 Å². The first kappa shape index (κ1) is 22.1. The number of nitrogens with two attached hydrogens (primary N) is 1. The quantitative estimate of drug-likeness (QED) is 0.749. The van der Waals surface area contributed by atoms with Crippen molar-refractivity contribution in [2.24, 2.45) is 5.73 Å². The van der Waals surface area contributed by atoms with Crippen LogP contribution in [0.2, 0.25) is 0 Å². The smallest absolute Gasteiger partial charge is 0.324 e. The molecule has 10 heteroatoms. The number of carbonyl (C=O) groups is 2. The number of likely N-dealkylation sites (tertiary alicyclic amines) is 1. The number of anilines is 1. The molecule has 3 N–H and O–H groups in total. The second kappa shape index (κ2) is 8.27.